The fourth-order valence-corrected chi connectivity index (χ4v) is 3.17. The molecule has 1 heterocycles. The lowest BCUT2D eigenvalue weighted by molar-refractivity contribution is 0.355. The van der Waals surface area contributed by atoms with Crippen LogP contribution in [0, 0.1) is 0 Å². The zero-order chi connectivity index (χ0) is 12.7. The Hall–Kier alpha value is -0.160. The van der Waals surface area contributed by atoms with Crippen LogP contribution in [0.1, 0.15) is 18.2 Å². The molecule has 1 aromatic heterocycles. The Labute approximate surface area is 117 Å². The quantitative estimate of drug-likeness (QED) is 0.583. The molecule has 2 nitrogen and oxygen atoms in total. The normalized spacial score (nSPS) is 11.1. The first-order valence-electron chi connectivity index (χ1n) is 5.90. The van der Waals surface area contributed by atoms with Gasteiger partial charge in [0.15, 0.2) is 0 Å². The lowest BCUT2D eigenvalue weighted by Gasteiger charge is -2.17. The van der Waals surface area contributed by atoms with Crippen LogP contribution in [0.15, 0.2) is 28.1 Å². The molecule has 0 atom stereocenters. The minimum Gasteiger partial charge on any atom is -0.313 e. The van der Waals surface area contributed by atoms with Crippen LogP contribution < -0.4 is 5.32 Å². The molecule has 0 saturated heterocycles. The van der Waals surface area contributed by atoms with Crippen molar-refractivity contribution < 1.29 is 0 Å². The van der Waals surface area contributed by atoms with E-state index in [0.717, 1.165) is 26.2 Å². The van der Waals surface area contributed by atoms with E-state index in [1.807, 2.05) is 0 Å². The van der Waals surface area contributed by atoms with E-state index in [1.165, 1.54) is 21.3 Å². The van der Waals surface area contributed by atoms with Gasteiger partial charge in [0.1, 0.15) is 0 Å². The Morgan fingerprint density at radius 2 is 2.35 bits per heavy atom. The van der Waals surface area contributed by atoms with E-state index in [4.69, 9.17) is 0 Å². The van der Waals surface area contributed by atoms with E-state index in [9.17, 15) is 0 Å². The third-order valence-corrected chi connectivity index (χ3v) is 4.03. The standard InChI is InChI=1S/C13H21BrN2S/c1-4-5-15-7-11(2)8-16(3)9-13-6-12(14)10-17-13/h6,10,15H,2,4-5,7-9H2,1,3H3. The molecule has 0 aromatic carbocycles. The molecule has 0 bridgehead atoms. The molecular formula is C13H21BrN2S. The lowest BCUT2D eigenvalue weighted by Crippen LogP contribution is -2.26. The first-order valence-corrected chi connectivity index (χ1v) is 7.58. The first-order chi connectivity index (χ1) is 8.11. The predicted octanol–water partition coefficient (Wildman–Crippen LogP) is 3.50. The molecule has 96 valence electrons. The smallest absolute Gasteiger partial charge is 0.0328 e. The summed E-state index contributed by atoms with van der Waals surface area (Å²) in [5.41, 5.74) is 1.25. The van der Waals surface area contributed by atoms with E-state index in [1.54, 1.807) is 11.3 Å². The average Bonchev–Trinajstić information content (AvgIpc) is 2.64. The molecule has 0 aliphatic heterocycles. The van der Waals surface area contributed by atoms with Crippen LogP contribution in [-0.4, -0.2) is 31.6 Å². The molecule has 0 saturated carbocycles. The largest absolute Gasteiger partial charge is 0.313 e. The van der Waals surface area contributed by atoms with E-state index < -0.39 is 0 Å². The Morgan fingerprint density at radius 3 is 2.94 bits per heavy atom. The molecule has 17 heavy (non-hydrogen) atoms. The van der Waals surface area contributed by atoms with Gasteiger partial charge in [-0.1, -0.05) is 13.5 Å². The maximum absolute atomic E-state index is 4.10. The number of nitrogens with one attached hydrogen (secondary N) is 1. The number of nitrogens with zero attached hydrogens (tertiary/aromatic N) is 1. The van der Waals surface area contributed by atoms with Crippen LogP contribution in [0.25, 0.3) is 0 Å². The molecule has 0 radical (unpaired) electrons. The number of rotatable bonds is 8. The van der Waals surface area contributed by atoms with E-state index in [2.05, 4.69) is 58.1 Å². The summed E-state index contributed by atoms with van der Waals surface area (Å²) in [7, 11) is 2.14. The highest BCUT2D eigenvalue weighted by atomic mass is 79.9. The summed E-state index contributed by atoms with van der Waals surface area (Å²) >= 11 is 5.27. The van der Waals surface area contributed by atoms with Crippen molar-refractivity contribution in [1.82, 2.24) is 10.2 Å². The SMILES string of the molecule is C=C(CNCCC)CN(C)Cc1cc(Br)cs1. The summed E-state index contributed by atoms with van der Waals surface area (Å²) in [6.45, 7) is 10.2. The van der Waals surface area contributed by atoms with Crippen molar-refractivity contribution in [3.05, 3.63) is 32.9 Å². The van der Waals surface area contributed by atoms with Crippen molar-refractivity contribution in [2.45, 2.75) is 19.9 Å². The Bertz CT molecular complexity index is 349. The van der Waals surface area contributed by atoms with Gasteiger partial charge in [0, 0.05) is 34.4 Å². The van der Waals surface area contributed by atoms with Gasteiger partial charge < -0.3 is 5.32 Å². The third kappa shape index (κ3) is 6.36. The number of hydrogen-bond donors (Lipinski definition) is 1. The van der Waals surface area contributed by atoms with Crippen molar-refractivity contribution in [2.75, 3.05) is 26.7 Å². The van der Waals surface area contributed by atoms with Gasteiger partial charge in [-0.3, -0.25) is 4.90 Å². The van der Waals surface area contributed by atoms with E-state index in [0.29, 0.717) is 0 Å². The summed E-state index contributed by atoms with van der Waals surface area (Å²) in [6, 6.07) is 2.18. The van der Waals surface area contributed by atoms with Crippen LogP contribution in [0.5, 0.6) is 0 Å². The zero-order valence-electron chi connectivity index (χ0n) is 10.6. The maximum Gasteiger partial charge on any atom is 0.0328 e. The van der Waals surface area contributed by atoms with Crippen molar-refractivity contribution in [3.63, 3.8) is 0 Å². The monoisotopic (exact) mass is 316 g/mol. The molecular weight excluding hydrogens is 296 g/mol. The van der Waals surface area contributed by atoms with Crippen molar-refractivity contribution >= 4 is 27.3 Å². The van der Waals surface area contributed by atoms with E-state index in [-0.39, 0.29) is 0 Å². The number of halogens is 1. The van der Waals surface area contributed by atoms with Gasteiger partial charge in [0.05, 0.1) is 0 Å². The summed E-state index contributed by atoms with van der Waals surface area (Å²) < 4.78 is 1.18. The van der Waals surface area contributed by atoms with Crippen molar-refractivity contribution in [1.29, 1.82) is 0 Å². The summed E-state index contributed by atoms with van der Waals surface area (Å²) in [5, 5.41) is 5.50. The predicted molar refractivity (Wildman–Crippen MR) is 80.7 cm³/mol. The molecule has 0 amide bonds. The Balaban J connectivity index is 2.24. The van der Waals surface area contributed by atoms with Gasteiger partial charge in [-0.25, -0.2) is 0 Å². The summed E-state index contributed by atoms with van der Waals surface area (Å²) in [4.78, 5) is 3.68. The molecule has 0 aliphatic rings. The second-order valence-corrected chi connectivity index (χ2v) is 6.24. The molecule has 1 aromatic rings. The molecule has 0 fully saturated rings. The molecule has 1 rings (SSSR count). The van der Waals surface area contributed by atoms with Crippen molar-refractivity contribution in [3.8, 4) is 0 Å². The van der Waals surface area contributed by atoms with Gasteiger partial charge in [-0.2, -0.15) is 0 Å². The average molecular weight is 317 g/mol. The number of hydrogen-bond acceptors (Lipinski definition) is 3. The third-order valence-electron chi connectivity index (χ3n) is 2.34. The van der Waals surface area contributed by atoms with Gasteiger partial charge in [-0.05, 0) is 47.6 Å². The van der Waals surface area contributed by atoms with Gasteiger partial charge in [0.25, 0.3) is 0 Å². The maximum atomic E-state index is 4.10. The Morgan fingerprint density at radius 1 is 1.59 bits per heavy atom. The minimum absolute atomic E-state index is 0.923. The van der Waals surface area contributed by atoms with Crippen LogP contribution in [0.2, 0.25) is 0 Å². The minimum atomic E-state index is 0.923. The van der Waals surface area contributed by atoms with Crippen LogP contribution in [0.3, 0.4) is 0 Å². The molecule has 4 heteroatoms. The fraction of sp³-hybridized carbons (Fsp3) is 0.538. The second kappa shape index (κ2) is 8.03. The second-order valence-electron chi connectivity index (χ2n) is 4.33. The highest BCUT2D eigenvalue weighted by Crippen LogP contribution is 2.20. The number of thiophene rings is 1. The van der Waals surface area contributed by atoms with Crippen molar-refractivity contribution in [2.24, 2.45) is 0 Å². The highest BCUT2D eigenvalue weighted by Gasteiger charge is 2.04. The zero-order valence-corrected chi connectivity index (χ0v) is 13.0. The van der Waals surface area contributed by atoms with Gasteiger partial charge in [-0.15, -0.1) is 11.3 Å². The fourth-order valence-electron chi connectivity index (χ4n) is 1.64. The molecule has 1 N–H and O–H groups in total. The molecule has 0 spiro atoms. The van der Waals surface area contributed by atoms with Gasteiger partial charge >= 0.3 is 0 Å². The van der Waals surface area contributed by atoms with Gasteiger partial charge in [0.2, 0.25) is 0 Å². The first kappa shape index (κ1) is 14.9. The Kier molecular flexibility index (Phi) is 7.04. The van der Waals surface area contributed by atoms with E-state index >= 15 is 0 Å². The summed E-state index contributed by atoms with van der Waals surface area (Å²) in [5.74, 6) is 0. The topological polar surface area (TPSA) is 15.3 Å². The molecule has 0 unspecified atom stereocenters. The van der Waals surface area contributed by atoms with Crippen LogP contribution >= 0.6 is 27.3 Å². The highest BCUT2D eigenvalue weighted by molar-refractivity contribution is 9.10. The number of likely N-dealkylation sites (N-methyl/N-ethyl adjacent to an activating group) is 1. The lowest BCUT2D eigenvalue weighted by atomic mass is 10.2. The molecule has 0 aliphatic carbocycles. The van der Waals surface area contributed by atoms with Crippen LogP contribution in [0.4, 0.5) is 0 Å². The summed E-state index contributed by atoms with van der Waals surface area (Å²) in [6.07, 6.45) is 1.17. The van der Waals surface area contributed by atoms with Crippen LogP contribution in [-0.2, 0) is 6.54 Å².